The molecule has 53 heavy (non-hydrogen) atoms. The van der Waals surface area contributed by atoms with Crippen LogP contribution in [0.25, 0.3) is 43.1 Å². The molecule has 0 amide bonds. The van der Waals surface area contributed by atoms with Crippen LogP contribution in [0.2, 0.25) is 26.2 Å². The van der Waals surface area contributed by atoms with Crippen molar-refractivity contribution in [1.29, 1.82) is 0 Å². The fourth-order valence-electron chi connectivity index (χ4n) is 4.28. The molecule has 8 aromatic rings. The largest absolute Gasteiger partial charge is 3.00 e. The zero-order valence-electron chi connectivity index (χ0n) is 30.0. The molecule has 0 aliphatic heterocycles. The van der Waals surface area contributed by atoms with Crippen molar-refractivity contribution in [1.82, 2.24) is 0 Å². The number of rotatable bonds is 0. The molecule has 0 aromatic heterocycles. The first kappa shape index (κ1) is 52.6. The van der Waals surface area contributed by atoms with Crippen molar-refractivity contribution < 1.29 is 91.0 Å². The van der Waals surface area contributed by atoms with Crippen molar-refractivity contribution in [3.05, 3.63) is 170 Å². The van der Waals surface area contributed by atoms with E-state index in [1.165, 1.54) is 43.1 Å². The number of hydrogen-bond acceptors (Lipinski definition) is 3. The molecular weight excluding hydrogens is 904 g/mol. The molecule has 0 spiro atoms. The number of alkyl halides is 3. The van der Waals surface area contributed by atoms with Crippen LogP contribution in [-0.4, -0.2) is 37.5 Å². The summed E-state index contributed by atoms with van der Waals surface area (Å²) in [7, 11) is -4.59. The maximum absolute atomic E-state index is 10.7. The van der Waals surface area contributed by atoms with Gasteiger partial charge in [0.05, 0.1) is 0 Å². The standard InChI is InChI=1S/4C9H7.2C2H7Si.CHF3O3S.ClH.2Zr/c4*1-2-5-9-7-3-6-8(9)4-1;2*1-3-2;2-1(3,4)8(5,6)7;;;/h4*1-7H;2*3H,1-2H3;(H,5,6,7);1H;;/q4*-1;;;;;2*+3/p-2. The molecule has 8 aromatic carbocycles. The average Bonchev–Trinajstić information content (AvgIpc) is 3.92. The second kappa shape index (κ2) is 28.9. The van der Waals surface area contributed by atoms with Gasteiger partial charge in [-0.2, -0.15) is 83.2 Å². The van der Waals surface area contributed by atoms with Crippen LogP contribution < -0.4 is 12.4 Å². The predicted octanol–water partition coefficient (Wildman–Crippen LogP) is 8.32. The zero-order chi connectivity index (χ0) is 36.8. The first-order valence-corrected chi connectivity index (χ1v) is 21.9. The number of benzene rings is 4. The molecule has 0 aliphatic rings. The third kappa shape index (κ3) is 20.1. The Hall–Kier alpha value is -2.49. The van der Waals surface area contributed by atoms with Gasteiger partial charge < -0.3 is 17.0 Å². The number of halogens is 4. The minimum absolute atomic E-state index is 0. The molecule has 0 unspecified atom stereocenters. The molecule has 3 nitrogen and oxygen atoms in total. The maximum atomic E-state index is 10.7. The summed E-state index contributed by atoms with van der Waals surface area (Å²) in [4.78, 5) is 0. The monoisotopic (exact) mass is 942 g/mol. The summed E-state index contributed by atoms with van der Waals surface area (Å²) in [5.74, 6) is 0. The fraction of sp³-hybridized carbons (Fsp3) is 0.122. The quantitative estimate of drug-likeness (QED) is 0.0666. The molecule has 0 saturated carbocycles. The second-order valence-corrected chi connectivity index (χ2v) is 14.4. The van der Waals surface area contributed by atoms with Crippen molar-refractivity contribution in [2.45, 2.75) is 31.7 Å². The molecule has 0 N–H and O–H groups in total. The topological polar surface area (TPSA) is 57.2 Å². The van der Waals surface area contributed by atoms with E-state index in [0.717, 1.165) is 19.0 Å². The van der Waals surface area contributed by atoms with Gasteiger partial charge in [0.15, 0.2) is 10.1 Å². The Balaban J connectivity index is 0. The van der Waals surface area contributed by atoms with E-state index in [-0.39, 0.29) is 64.8 Å². The Morgan fingerprint density at radius 3 is 0.792 bits per heavy atom. The molecule has 0 saturated heterocycles. The predicted molar refractivity (Wildman–Crippen MR) is 212 cm³/mol. The molecule has 12 heteroatoms. The molecule has 0 aliphatic carbocycles. The second-order valence-electron chi connectivity index (χ2n) is 10.7. The van der Waals surface area contributed by atoms with Crippen LogP contribution >= 0.6 is 0 Å². The van der Waals surface area contributed by atoms with Crippen molar-refractivity contribution >= 4 is 72.2 Å². The van der Waals surface area contributed by atoms with Crippen LogP contribution in [0.3, 0.4) is 0 Å². The van der Waals surface area contributed by atoms with E-state index in [4.69, 9.17) is 13.0 Å². The minimum atomic E-state index is -6.09. The van der Waals surface area contributed by atoms with E-state index >= 15 is 0 Å². The summed E-state index contributed by atoms with van der Waals surface area (Å²) in [6.07, 6.45) is 0. The molecule has 0 atom stereocenters. The van der Waals surface area contributed by atoms with E-state index in [1.54, 1.807) is 0 Å². The van der Waals surface area contributed by atoms with E-state index < -0.39 is 15.6 Å². The summed E-state index contributed by atoms with van der Waals surface area (Å²) in [6, 6.07) is 58.7. The smallest absolute Gasteiger partial charge is 1.00 e. The minimum Gasteiger partial charge on any atom is -1.00 e. The van der Waals surface area contributed by atoms with Crippen molar-refractivity contribution in [3.8, 4) is 0 Å². The van der Waals surface area contributed by atoms with Crippen LogP contribution in [0.1, 0.15) is 0 Å². The van der Waals surface area contributed by atoms with Gasteiger partial charge in [0.2, 0.25) is 0 Å². The molecule has 0 fully saturated rings. The Labute approximate surface area is 361 Å². The first-order valence-electron chi connectivity index (χ1n) is 15.9. The number of hydrogen-bond donors (Lipinski definition) is 0. The molecule has 4 radical (unpaired) electrons. The molecular formula is C41H42ClF3O3SSi2Zr2. The average molecular weight is 946 g/mol. The SMILES string of the molecule is C[SiH]C.C[SiH]C.O=S(=O)([O-])C(F)(F)F.[Cl-].[Zr+3].[Zr+3].c1ccc2[cH-]ccc2c1.c1ccc2[cH-]ccc2c1.c1ccc2[cH-]ccc2c1.c1ccc2[cH-]ccc2c1. The third-order valence-corrected chi connectivity index (χ3v) is 7.04. The summed E-state index contributed by atoms with van der Waals surface area (Å²) in [6.45, 7) is 8.83. The van der Waals surface area contributed by atoms with Crippen LogP contribution in [-0.2, 0) is 62.5 Å². The van der Waals surface area contributed by atoms with Gasteiger partial charge in [0.1, 0.15) is 0 Å². The molecule has 0 bridgehead atoms. The fourth-order valence-corrected chi connectivity index (χ4v) is 4.28. The normalized spacial score (nSPS) is 9.74. The van der Waals surface area contributed by atoms with Gasteiger partial charge in [-0.15, -0.1) is 119 Å². The van der Waals surface area contributed by atoms with Crippen LogP contribution in [0, 0.1) is 0 Å². The van der Waals surface area contributed by atoms with E-state index in [2.05, 4.69) is 196 Å². The molecule has 274 valence electrons. The van der Waals surface area contributed by atoms with E-state index in [1.807, 2.05) is 0 Å². The van der Waals surface area contributed by atoms with Crippen molar-refractivity contribution in [2.75, 3.05) is 0 Å². The summed E-state index contributed by atoms with van der Waals surface area (Å²) >= 11 is 0. The van der Waals surface area contributed by atoms with Gasteiger partial charge in [-0.1, -0.05) is 50.5 Å². The summed E-state index contributed by atoms with van der Waals surface area (Å²) < 4.78 is 58.9. The van der Waals surface area contributed by atoms with Crippen LogP contribution in [0.15, 0.2) is 170 Å². The van der Waals surface area contributed by atoms with Crippen molar-refractivity contribution in [3.63, 3.8) is 0 Å². The van der Waals surface area contributed by atoms with Crippen LogP contribution in [0.5, 0.6) is 0 Å². The van der Waals surface area contributed by atoms with Crippen LogP contribution in [0.4, 0.5) is 13.2 Å². The van der Waals surface area contributed by atoms with Gasteiger partial charge in [-0.25, -0.2) is 8.42 Å². The van der Waals surface area contributed by atoms with Crippen molar-refractivity contribution in [2.24, 2.45) is 0 Å². The van der Waals surface area contributed by atoms with Gasteiger partial charge >= 0.3 is 57.9 Å². The Morgan fingerprint density at radius 1 is 0.472 bits per heavy atom. The summed E-state index contributed by atoms with van der Waals surface area (Å²) in [5.41, 5.74) is -5.65. The first-order chi connectivity index (χ1) is 23.9. The number of fused-ring (bicyclic) bond motifs is 4. The molecule has 8 rings (SSSR count). The Morgan fingerprint density at radius 2 is 0.642 bits per heavy atom. The van der Waals surface area contributed by atoms with E-state index in [0.29, 0.717) is 0 Å². The molecule has 0 heterocycles. The van der Waals surface area contributed by atoms with Gasteiger partial charge in [-0.05, 0) is 0 Å². The zero-order valence-corrected chi connectivity index (χ0v) is 38.8. The van der Waals surface area contributed by atoms with Gasteiger partial charge in [-0.3, -0.25) is 0 Å². The third-order valence-electron chi connectivity index (χ3n) is 6.47. The van der Waals surface area contributed by atoms with E-state index in [9.17, 15) is 13.2 Å². The van der Waals surface area contributed by atoms with Gasteiger partial charge in [0.25, 0.3) is 0 Å². The Kier molecular flexibility index (Phi) is 28.7. The summed E-state index contributed by atoms with van der Waals surface area (Å²) in [5, 5.41) is 10.6. The maximum Gasteiger partial charge on any atom is 3.00 e. The van der Waals surface area contributed by atoms with Gasteiger partial charge in [0, 0.05) is 19.0 Å². The Bertz CT molecular complexity index is 1790.